The summed E-state index contributed by atoms with van der Waals surface area (Å²) in [6.07, 6.45) is 3.56. The number of hydrogen-bond acceptors (Lipinski definition) is 4. The predicted octanol–water partition coefficient (Wildman–Crippen LogP) is 1.40. The molecule has 1 fully saturated rings. The van der Waals surface area contributed by atoms with Crippen LogP contribution in [-0.4, -0.2) is 41.8 Å². The van der Waals surface area contributed by atoms with E-state index in [4.69, 9.17) is 0 Å². The zero-order chi connectivity index (χ0) is 15.7. The lowest BCUT2D eigenvalue weighted by Crippen LogP contribution is -2.41. The van der Waals surface area contributed by atoms with Crippen molar-refractivity contribution in [3.8, 4) is 0 Å². The minimum atomic E-state index is -2.83. The van der Waals surface area contributed by atoms with E-state index < -0.39 is 9.84 Å². The first-order valence-corrected chi connectivity index (χ1v) is 9.41. The van der Waals surface area contributed by atoms with Crippen molar-refractivity contribution in [1.82, 2.24) is 15.1 Å². The van der Waals surface area contributed by atoms with E-state index in [1.807, 2.05) is 19.3 Å². The molecule has 1 aliphatic heterocycles. The van der Waals surface area contributed by atoms with Crippen molar-refractivity contribution in [3.63, 3.8) is 0 Å². The van der Waals surface area contributed by atoms with E-state index in [-0.39, 0.29) is 11.5 Å². The van der Waals surface area contributed by atoms with Crippen LogP contribution in [0.25, 0.3) is 0 Å². The van der Waals surface area contributed by atoms with Gasteiger partial charge in [-0.05, 0) is 58.1 Å². The van der Waals surface area contributed by atoms with Gasteiger partial charge in [-0.25, -0.2) is 8.42 Å². The Morgan fingerprint density at radius 3 is 2.67 bits per heavy atom. The first-order chi connectivity index (χ1) is 9.65. The smallest absolute Gasteiger partial charge is 0.150 e. The average molecular weight is 313 g/mol. The summed E-state index contributed by atoms with van der Waals surface area (Å²) in [6, 6.07) is 2.02. The molecule has 1 aliphatic rings. The fourth-order valence-corrected chi connectivity index (χ4v) is 4.80. The SMILES string of the molecule is Cn1ccc(CC(CNC(C)(C)C)C2CCS(=O)(=O)C2)n1. The van der Waals surface area contributed by atoms with Crippen LogP contribution in [-0.2, 0) is 23.3 Å². The van der Waals surface area contributed by atoms with Gasteiger partial charge in [0.05, 0.1) is 17.2 Å². The topological polar surface area (TPSA) is 64.0 Å². The number of hydrogen-bond donors (Lipinski definition) is 1. The second kappa shape index (κ2) is 6.08. The number of nitrogens with one attached hydrogen (secondary N) is 1. The lowest BCUT2D eigenvalue weighted by molar-refractivity contribution is 0.300. The quantitative estimate of drug-likeness (QED) is 0.892. The molecule has 21 heavy (non-hydrogen) atoms. The van der Waals surface area contributed by atoms with E-state index in [2.05, 4.69) is 31.2 Å². The molecule has 2 heterocycles. The first kappa shape index (κ1) is 16.5. The van der Waals surface area contributed by atoms with Crippen LogP contribution in [0.2, 0.25) is 0 Å². The molecule has 0 spiro atoms. The Morgan fingerprint density at radius 2 is 2.19 bits per heavy atom. The Hall–Kier alpha value is -0.880. The van der Waals surface area contributed by atoms with Gasteiger partial charge in [0.2, 0.25) is 0 Å². The fraction of sp³-hybridized carbons (Fsp3) is 0.800. The number of sulfone groups is 1. The van der Waals surface area contributed by atoms with Gasteiger partial charge in [-0.2, -0.15) is 5.10 Å². The van der Waals surface area contributed by atoms with Crippen LogP contribution in [0, 0.1) is 11.8 Å². The van der Waals surface area contributed by atoms with Crippen LogP contribution in [0.3, 0.4) is 0 Å². The van der Waals surface area contributed by atoms with Gasteiger partial charge in [-0.1, -0.05) is 0 Å². The molecule has 0 radical (unpaired) electrons. The molecule has 0 aromatic carbocycles. The average Bonchev–Trinajstić information content (AvgIpc) is 2.89. The zero-order valence-corrected chi connectivity index (χ0v) is 14.3. The summed E-state index contributed by atoms with van der Waals surface area (Å²) >= 11 is 0. The molecule has 2 atom stereocenters. The molecule has 6 heteroatoms. The van der Waals surface area contributed by atoms with Crippen LogP contribution in [0.5, 0.6) is 0 Å². The van der Waals surface area contributed by atoms with Gasteiger partial charge >= 0.3 is 0 Å². The van der Waals surface area contributed by atoms with Crippen LogP contribution < -0.4 is 5.32 Å². The van der Waals surface area contributed by atoms with Crippen molar-refractivity contribution in [2.75, 3.05) is 18.1 Å². The summed E-state index contributed by atoms with van der Waals surface area (Å²) in [7, 11) is -0.926. The van der Waals surface area contributed by atoms with E-state index in [0.717, 1.165) is 25.1 Å². The number of aromatic nitrogens is 2. The maximum Gasteiger partial charge on any atom is 0.150 e. The van der Waals surface area contributed by atoms with E-state index in [9.17, 15) is 8.42 Å². The molecule has 1 aromatic rings. The Bertz CT molecular complexity index is 572. The standard InChI is InChI=1S/C15H27N3O2S/c1-15(2,3)16-10-13(9-14-5-7-18(4)17-14)12-6-8-21(19,20)11-12/h5,7,12-13,16H,6,8-11H2,1-4H3. The van der Waals surface area contributed by atoms with E-state index >= 15 is 0 Å². The first-order valence-electron chi connectivity index (χ1n) is 7.59. The monoisotopic (exact) mass is 313 g/mol. The number of rotatable bonds is 5. The van der Waals surface area contributed by atoms with Crippen molar-refractivity contribution < 1.29 is 8.42 Å². The number of aryl methyl sites for hydroxylation is 1. The van der Waals surface area contributed by atoms with Crippen LogP contribution in [0.4, 0.5) is 0 Å². The molecular formula is C15H27N3O2S. The van der Waals surface area contributed by atoms with Crippen molar-refractivity contribution >= 4 is 9.84 Å². The molecule has 1 aromatic heterocycles. The van der Waals surface area contributed by atoms with E-state index in [1.54, 1.807) is 4.68 Å². The van der Waals surface area contributed by atoms with Gasteiger partial charge in [0, 0.05) is 18.8 Å². The highest BCUT2D eigenvalue weighted by atomic mass is 32.2. The summed E-state index contributed by atoms with van der Waals surface area (Å²) in [5.41, 5.74) is 1.09. The van der Waals surface area contributed by atoms with Crippen LogP contribution in [0.1, 0.15) is 32.9 Å². The Kier molecular flexibility index (Phi) is 4.78. The molecule has 1 saturated heterocycles. The molecule has 120 valence electrons. The summed E-state index contributed by atoms with van der Waals surface area (Å²) in [4.78, 5) is 0. The minimum absolute atomic E-state index is 0.0415. The Balaban J connectivity index is 2.06. The second-order valence-electron chi connectivity index (χ2n) is 7.24. The van der Waals surface area contributed by atoms with Crippen LogP contribution in [0.15, 0.2) is 12.3 Å². The Morgan fingerprint density at radius 1 is 1.48 bits per heavy atom. The molecular weight excluding hydrogens is 286 g/mol. The van der Waals surface area contributed by atoms with Crippen molar-refractivity contribution in [1.29, 1.82) is 0 Å². The van der Waals surface area contributed by atoms with Gasteiger partial charge in [-0.15, -0.1) is 0 Å². The molecule has 0 aliphatic carbocycles. The van der Waals surface area contributed by atoms with Gasteiger partial charge in [0.1, 0.15) is 0 Å². The summed E-state index contributed by atoms with van der Waals surface area (Å²) in [5.74, 6) is 1.23. The molecule has 2 rings (SSSR count). The van der Waals surface area contributed by atoms with Gasteiger partial charge in [0.15, 0.2) is 9.84 Å². The third-order valence-electron chi connectivity index (χ3n) is 4.07. The van der Waals surface area contributed by atoms with E-state index in [1.165, 1.54) is 0 Å². The highest BCUT2D eigenvalue weighted by Gasteiger charge is 2.34. The maximum absolute atomic E-state index is 11.8. The molecule has 0 saturated carbocycles. The zero-order valence-electron chi connectivity index (χ0n) is 13.5. The van der Waals surface area contributed by atoms with E-state index in [0.29, 0.717) is 17.4 Å². The minimum Gasteiger partial charge on any atom is -0.312 e. The predicted molar refractivity (Wildman–Crippen MR) is 84.9 cm³/mol. The lowest BCUT2D eigenvalue weighted by atomic mass is 9.87. The van der Waals surface area contributed by atoms with Crippen molar-refractivity contribution in [3.05, 3.63) is 18.0 Å². The fourth-order valence-electron chi connectivity index (χ4n) is 2.88. The summed E-state index contributed by atoms with van der Waals surface area (Å²) in [5, 5.41) is 7.97. The van der Waals surface area contributed by atoms with Gasteiger partial charge < -0.3 is 5.32 Å². The summed E-state index contributed by atoms with van der Waals surface area (Å²) < 4.78 is 25.3. The lowest BCUT2D eigenvalue weighted by Gasteiger charge is -2.28. The molecule has 1 N–H and O–H groups in total. The highest BCUT2D eigenvalue weighted by Crippen LogP contribution is 2.28. The summed E-state index contributed by atoms with van der Waals surface area (Å²) in [6.45, 7) is 7.24. The van der Waals surface area contributed by atoms with Crippen LogP contribution >= 0.6 is 0 Å². The molecule has 0 bridgehead atoms. The Labute approximate surface area is 128 Å². The third-order valence-corrected chi connectivity index (χ3v) is 5.86. The van der Waals surface area contributed by atoms with Gasteiger partial charge in [0.25, 0.3) is 0 Å². The highest BCUT2D eigenvalue weighted by molar-refractivity contribution is 7.91. The molecule has 0 amide bonds. The molecule has 2 unspecified atom stereocenters. The van der Waals surface area contributed by atoms with Crippen molar-refractivity contribution in [2.24, 2.45) is 18.9 Å². The second-order valence-corrected chi connectivity index (χ2v) is 9.47. The molecule has 5 nitrogen and oxygen atoms in total. The van der Waals surface area contributed by atoms with Gasteiger partial charge in [-0.3, -0.25) is 4.68 Å². The third kappa shape index (κ3) is 5.11. The van der Waals surface area contributed by atoms with Crippen molar-refractivity contribution in [2.45, 2.75) is 39.2 Å². The largest absolute Gasteiger partial charge is 0.312 e. The normalized spacial score (nSPS) is 23.3. The number of nitrogens with zero attached hydrogens (tertiary/aromatic N) is 2. The maximum atomic E-state index is 11.8.